The molecule has 3 nitrogen and oxygen atoms in total. The Morgan fingerprint density at radius 3 is 3.31 bits per heavy atom. The quantitative estimate of drug-likeness (QED) is 0.806. The Morgan fingerprint density at radius 1 is 1.69 bits per heavy atom. The minimum Gasteiger partial charge on any atom is -0.447 e. The van der Waals surface area contributed by atoms with E-state index in [2.05, 4.69) is 4.98 Å². The highest BCUT2D eigenvalue weighted by Crippen LogP contribution is 2.39. The fraction of sp³-hybridized carbons (Fsp3) is 0.667. The van der Waals surface area contributed by atoms with Gasteiger partial charge in [0, 0.05) is 13.0 Å². The fourth-order valence-corrected chi connectivity index (χ4v) is 2.67. The summed E-state index contributed by atoms with van der Waals surface area (Å²) in [6, 6.07) is 0. The molecule has 2 rings (SSSR count). The van der Waals surface area contributed by atoms with E-state index in [9.17, 15) is 0 Å². The van der Waals surface area contributed by atoms with Crippen LogP contribution in [0.3, 0.4) is 0 Å². The van der Waals surface area contributed by atoms with Gasteiger partial charge in [-0.05, 0) is 18.6 Å². The molecule has 0 amide bonds. The minimum atomic E-state index is 0.143. The van der Waals surface area contributed by atoms with E-state index in [0.717, 1.165) is 11.6 Å². The molecule has 0 aliphatic carbocycles. The highest BCUT2D eigenvalue weighted by atomic mass is 32.2. The first-order valence-corrected chi connectivity index (χ1v) is 5.62. The number of thioether (sulfide) groups is 1. The lowest BCUT2D eigenvalue weighted by molar-refractivity contribution is 0.298. The van der Waals surface area contributed by atoms with Crippen molar-refractivity contribution in [3.8, 4) is 0 Å². The van der Waals surface area contributed by atoms with Crippen LogP contribution in [-0.2, 0) is 6.42 Å². The maximum atomic E-state index is 8.71. The summed E-state index contributed by atoms with van der Waals surface area (Å²) in [6.07, 6.45) is 4.68. The lowest BCUT2D eigenvalue weighted by Gasteiger charge is -2.00. The molecule has 0 bridgehead atoms. The molecule has 1 aromatic heterocycles. The fourth-order valence-electron chi connectivity index (χ4n) is 1.47. The molecule has 1 aromatic rings. The lowest BCUT2D eigenvalue weighted by Crippen LogP contribution is -1.93. The van der Waals surface area contributed by atoms with E-state index in [0.29, 0.717) is 11.7 Å². The maximum absolute atomic E-state index is 8.71. The summed E-state index contributed by atoms with van der Waals surface area (Å²) in [4.78, 5) is 4.33. The molecular weight excluding hydrogens is 186 g/mol. The SMILES string of the molecule is OCCc1coc(C2CCCS2)n1. The summed E-state index contributed by atoms with van der Waals surface area (Å²) in [5.74, 6) is 2.05. The molecule has 72 valence electrons. The first kappa shape index (κ1) is 9.09. The lowest BCUT2D eigenvalue weighted by atomic mass is 10.2. The molecule has 1 atom stereocenters. The van der Waals surface area contributed by atoms with Crippen LogP contribution in [0.4, 0.5) is 0 Å². The second-order valence-electron chi connectivity index (χ2n) is 3.15. The van der Waals surface area contributed by atoms with Crippen LogP contribution in [-0.4, -0.2) is 22.5 Å². The standard InChI is InChI=1S/C9H13NO2S/c11-4-3-7-6-12-9(10-7)8-2-1-5-13-8/h6,8,11H,1-5H2. The topological polar surface area (TPSA) is 46.3 Å². The minimum absolute atomic E-state index is 0.143. The van der Waals surface area contributed by atoms with Gasteiger partial charge >= 0.3 is 0 Å². The number of aliphatic hydroxyl groups is 1. The third-order valence-corrected chi connectivity index (χ3v) is 3.51. The van der Waals surface area contributed by atoms with Crippen molar-refractivity contribution in [3.05, 3.63) is 17.8 Å². The smallest absolute Gasteiger partial charge is 0.207 e. The molecule has 13 heavy (non-hydrogen) atoms. The molecule has 1 N–H and O–H groups in total. The number of hydrogen-bond donors (Lipinski definition) is 1. The van der Waals surface area contributed by atoms with Gasteiger partial charge in [0.1, 0.15) is 6.26 Å². The predicted molar refractivity (Wildman–Crippen MR) is 51.7 cm³/mol. The summed E-state index contributed by atoms with van der Waals surface area (Å²) < 4.78 is 5.36. The van der Waals surface area contributed by atoms with Crippen LogP contribution in [0.1, 0.15) is 29.7 Å². The van der Waals surface area contributed by atoms with Gasteiger partial charge in [0.15, 0.2) is 0 Å². The summed E-state index contributed by atoms with van der Waals surface area (Å²) >= 11 is 1.91. The second kappa shape index (κ2) is 4.15. The van der Waals surface area contributed by atoms with Crippen molar-refractivity contribution < 1.29 is 9.52 Å². The number of aromatic nitrogens is 1. The third kappa shape index (κ3) is 2.06. The van der Waals surface area contributed by atoms with Crippen LogP contribution in [0, 0.1) is 0 Å². The van der Waals surface area contributed by atoms with Gasteiger partial charge < -0.3 is 9.52 Å². The van der Waals surface area contributed by atoms with Gasteiger partial charge in [-0.1, -0.05) is 0 Å². The Balaban J connectivity index is 2.03. The molecule has 0 saturated carbocycles. The van der Waals surface area contributed by atoms with E-state index in [1.54, 1.807) is 6.26 Å². The maximum Gasteiger partial charge on any atom is 0.207 e. The Kier molecular flexibility index (Phi) is 2.90. The molecule has 0 aromatic carbocycles. The number of rotatable bonds is 3. The van der Waals surface area contributed by atoms with Gasteiger partial charge in [0.05, 0.1) is 10.9 Å². The van der Waals surface area contributed by atoms with Crippen LogP contribution in [0.2, 0.25) is 0 Å². The summed E-state index contributed by atoms with van der Waals surface area (Å²) in [6.45, 7) is 0.143. The first-order chi connectivity index (χ1) is 6.40. The van der Waals surface area contributed by atoms with E-state index in [1.807, 2.05) is 11.8 Å². The Morgan fingerprint density at radius 2 is 2.62 bits per heavy atom. The molecule has 1 aliphatic rings. The van der Waals surface area contributed by atoms with Crippen LogP contribution >= 0.6 is 11.8 Å². The Labute approximate surface area is 81.5 Å². The molecule has 0 radical (unpaired) electrons. The van der Waals surface area contributed by atoms with Crippen LogP contribution in [0.5, 0.6) is 0 Å². The van der Waals surface area contributed by atoms with E-state index in [4.69, 9.17) is 9.52 Å². The molecule has 1 unspecified atom stereocenters. The van der Waals surface area contributed by atoms with Crippen LogP contribution in [0.15, 0.2) is 10.7 Å². The zero-order valence-electron chi connectivity index (χ0n) is 7.40. The van der Waals surface area contributed by atoms with Crippen molar-refractivity contribution in [2.45, 2.75) is 24.5 Å². The molecular formula is C9H13NO2S. The van der Waals surface area contributed by atoms with Crippen LogP contribution < -0.4 is 0 Å². The van der Waals surface area contributed by atoms with Gasteiger partial charge in [-0.25, -0.2) is 4.98 Å². The highest BCUT2D eigenvalue weighted by molar-refractivity contribution is 7.99. The molecule has 0 spiro atoms. The number of aliphatic hydroxyl groups excluding tert-OH is 1. The van der Waals surface area contributed by atoms with Gasteiger partial charge in [-0.15, -0.1) is 11.8 Å². The van der Waals surface area contributed by atoms with E-state index in [1.165, 1.54) is 18.6 Å². The van der Waals surface area contributed by atoms with Crippen molar-refractivity contribution in [2.24, 2.45) is 0 Å². The van der Waals surface area contributed by atoms with Gasteiger partial charge in [-0.2, -0.15) is 0 Å². The first-order valence-electron chi connectivity index (χ1n) is 4.57. The van der Waals surface area contributed by atoms with E-state index >= 15 is 0 Å². The highest BCUT2D eigenvalue weighted by Gasteiger charge is 2.22. The Bertz CT molecular complexity index is 268. The van der Waals surface area contributed by atoms with Gasteiger partial charge in [0.25, 0.3) is 0 Å². The average Bonchev–Trinajstić information content (AvgIpc) is 2.70. The van der Waals surface area contributed by atoms with Crippen LogP contribution in [0.25, 0.3) is 0 Å². The number of oxazole rings is 1. The van der Waals surface area contributed by atoms with Crippen molar-refractivity contribution in [2.75, 3.05) is 12.4 Å². The molecule has 1 aliphatic heterocycles. The largest absolute Gasteiger partial charge is 0.447 e. The summed E-state index contributed by atoms with van der Waals surface area (Å²) in [7, 11) is 0. The van der Waals surface area contributed by atoms with E-state index < -0.39 is 0 Å². The van der Waals surface area contributed by atoms with Crippen molar-refractivity contribution in [3.63, 3.8) is 0 Å². The number of hydrogen-bond acceptors (Lipinski definition) is 4. The normalized spacial score (nSPS) is 22.4. The summed E-state index contributed by atoms with van der Waals surface area (Å²) in [5, 5.41) is 9.16. The van der Waals surface area contributed by atoms with Gasteiger partial charge in [-0.3, -0.25) is 0 Å². The predicted octanol–water partition coefficient (Wildman–Crippen LogP) is 1.78. The average molecular weight is 199 g/mol. The zero-order chi connectivity index (χ0) is 9.10. The molecule has 1 fully saturated rings. The molecule has 4 heteroatoms. The third-order valence-electron chi connectivity index (χ3n) is 2.14. The summed E-state index contributed by atoms with van der Waals surface area (Å²) in [5.41, 5.74) is 0.866. The Hall–Kier alpha value is -0.480. The van der Waals surface area contributed by atoms with Crippen molar-refractivity contribution in [1.82, 2.24) is 4.98 Å². The molecule has 1 saturated heterocycles. The monoisotopic (exact) mass is 199 g/mol. The van der Waals surface area contributed by atoms with E-state index in [-0.39, 0.29) is 6.61 Å². The van der Waals surface area contributed by atoms with Gasteiger partial charge in [0.2, 0.25) is 5.89 Å². The van der Waals surface area contributed by atoms with Crippen molar-refractivity contribution >= 4 is 11.8 Å². The van der Waals surface area contributed by atoms with Crippen molar-refractivity contribution in [1.29, 1.82) is 0 Å². The molecule has 2 heterocycles. The number of nitrogens with zero attached hydrogens (tertiary/aromatic N) is 1. The second-order valence-corrected chi connectivity index (χ2v) is 4.46. The zero-order valence-corrected chi connectivity index (χ0v) is 8.22.